The van der Waals surface area contributed by atoms with E-state index in [0.29, 0.717) is 19.8 Å². The lowest BCUT2D eigenvalue weighted by atomic mass is 10.4. The molecule has 9 heteroatoms. The van der Waals surface area contributed by atoms with E-state index < -0.39 is 19.9 Å². The van der Waals surface area contributed by atoms with E-state index in [2.05, 4.69) is 9.62 Å². The lowest BCUT2D eigenvalue weighted by Crippen LogP contribution is -2.41. The summed E-state index contributed by atoms with van der Waals surface area (Å²) in [6, 6.07) is 5.35. The maximum Gasteiger partial charge on any atom is 0.240 e. The Morgan fingerprint density at radius 1 is 1.14 bits per heavy atom. The molecule has 0 radical (unpaired) electrons. The van der Waals surface area contributed by atoms with E-state index >= 15 is 0 Å². The van der Waals surface area contributed by atoms with Crippen molar-refractivity contribution in [2.75, 3.05) is 45.6 Å². The second-order valence-corrected chi connectivity index (χ2v) is 8.88. The molecule has 1 saturated heterocycles. The zero-order valence-electron chi connectivity index (χ0n) is 12.4. The fraction of sp³-hybridized carbons (Fsp3) is 0.538. The first-order valence-corrected chi connectivity index (χ1v) is 10.3. The van der Waals surface area contributed by atoms with Gasteiger partial charge in [0.05, 0.1) is 23.0 Å². The molecule has 2 rings (SSSR count). The van der Waals surface area contributed by atoms with Gasteiger partial charge < -0.3 is 4.74 Å². The standard InChI is InChI=1S/C13H20N2O5S2/c1-21(16,17)12-3-2-4-13(11-12)22(18,19)14-5-6-15-7-9-20-10-8-15/h2-4,11,14H,5-10H2,1H3. The third kappa shape index (κ3) is 4.75. The van der Waals surface area contributed by atoms with Gasteiger partial charge in [-0.05, 0) is 18.2 Å². The summed E-state index contributed by atoms with van der Waals surface area (Å²) in [5.41, 5.74) is 0. The Balaban J connectivity index is 2.01. The fourth-order valence-corrected chi connectivity index (χ4v) is 3.93. The number of nitrogens with one attached hydrogen (secondary N) is 1. The molecule has 1 aliphatic rings. The fourth-order valence-electron chi connectivity index (χ4n) is 2.12. The number of hydrogen-bond acceptors (Lipinski definition) is 6. The van der Waals surface area contributed by atoms with Gasteiger partial charge in [0.25, 0.3) is 0 Å². The van der Waals surface area contributed by atoms with Crippen LogP contribution in [0.25, 0.3) is 0 Å². The van der Waals surface area contributed by atoms with Gasteiger partial charge in [0.1, 0.15) is 0 Å². The molecule has 0 aromatic heterocycles. The van der Waals surface area contributed by atoms with Crippen LogP contribution in [0.4, 0.5) is 0 Å². The molecule has 1 N–H and O–H groups in total. The van der Waals surface area contributed by atoms with Gasteiger partial charge >= 0.3 is 0 Å². The van der Waals surface area contributed by atoms with E-state index in [4.69, 9.17) is 4.74 Å². The molecule has 1 fully saturated rings. The highest BCUT2D eigenvalue weighted by Gasteiger charge is 2.17. The molecule has 0 aliphatic carbocycles. The topological polar surface area (TPSA) is 92.8 Å². The van der Waals surface area contributed by atoms with Crippen molar-refractivity contribution in [3.63, 3.8) is 0 Å². The van der Waals surface area contributed by atoms with Gasteiger partial charge in [-0.15, -0.1) is 0 Å². The van der Waals surface area contributed by atoms with Crippen LogP contribution in [0, 0.1) is 0 Å². The quantitative estimate of drug-likeness (QED) is 0.759. The number of nitrogens with zero attached hydrogens (tertiary/aromatic N) is 1. The molecule has 0 spiro atoms. The Morgan fingerprint density at radius 2 is 1.77 bits per heavy atom. The number of sulfonamides is 1. The Kier molecular flexibility index (Phi) is 5.56. The normalized spacial score (nSPS) is 17.5. The molecule has 1 aliphatic heterocycles. The van der Waals surface area contributed by atoms with Gasteiger partial charge in [-0.3, -0.25) is 4.90 Å². The second kappa shape index (κ2) is 7.05. The summed E-state index contributed by atoms with van der Waals surface area (Å²) in [4.78, 5) is 2.06. The summed E-state index contributed by atoms with van der Waals surface area (Å²) in [5.74, 6) is 0. The van der Waals surface area contributed by atoms with Crippen molar-refractivity contribution in [1.29, 1.82) is 0 Å². The summed E-state index contributed by atoms with van der Waals surface area (Å²) in [7, 11) is -7.15. The number of hydrogen-bond donors (Lipinski definition) is 1. The zero-order valence-corrected chi connectivity index (χ0v) is 14.0. The van der Waals surface area contributed by atoms with Crippen LogP contribution >= 0.6 is 0 Å². The van der Waals surface area contributed by atoms with Gasteiger partial charge in [0.2, 0.25) is 10.0 Å². The van der Waals surface area contributed by atoms with Crippen LogP contribution in [0.1, 0.15) is 0 Å². The Hall–Kier alpha value is -1.00. The largest absolute Gasteiger partial charge is 0.379 e. The molecule has 0 amide bonds. The zero-order chi connectivity index (χ0) is 16.2. The second-order valence-electron chi connectivity index (χ2n) is 5.10. The summed E-state index contributed by atoms with van der Waals surface area (Å²) in [5, 5.41) is 0. The minimum atomic E-state index is -3.72. The molecular weight excluding hydrogens is 328 g/mol. The smallest absolute Gasteiger partial charge is 0.240 e. The first kappa shape index (κ1) is 17.4. The van der Waals surface area contributed by atoms with Gasteiger partial charge in [0.15, 0.2) is 9.84 Å². The number of morpholine rings is 1. The molecule has 124 valence electrons. The molecule has 22 heavy (non-hydrogen) atoms. The highest BCUT2D eigenvalue weighted by molar-refractivity contribution is 7.91. The predicted molar refractivity (Wildman–Crippen MR) is 82.0 cm³/mol. The molecule has 7 nitrogen and oxygen atoms in total. The van der Waals surface area contributed by atoms with Crippen molar-refractivity contribution in [1.82, 2.24) is 9.62 Å². The third-order valence-electron chi connectivity index (χ3n) is 3.37. The predicted octanol–water partition coefficient (Wildman–Crippen LogP) is -0.299. The van der Waals surface area contributed by atoms with Crippen LogP contribution in [0.2, 0.25) is 0 Å². The van der Waals surface area contributed by atoms with Crippen molar-refractivity contribution in [3.8, 4) is 0 Å². The number of ether oxygens (including phenoxy) is 1. The maximum absolute atomic E-state index is 12.2. The SMILES string of the molecule is CS(=O)(=O)c1cccc(S(=O)(=O)NCCN2CCOCC2)c1. The van der Waals surface area contributed by atoms with Crippen LogP contribution in [0.15, 0.2) is 34.1 Å². The minimum absolute atomic E-state index is 0.0106. The Labute approximate surface area is 131 Å². The van der Waals surface area contributed by atoms with E-state index in [1.54, 1.807) is 0 Å². The summed E-state index contributed by atoms with van der Waals surface area (Å²) in [6.45, 7) is 3.74. The van der Waals surface area contributed by atoms with Crippen LogP contribution < -0.4 is 4.72 Å². The van der Waals surface area contributed by atoms with Crippen molar-refractivity contribution in [3.05, 3.63) is 24.3 Å². The lowest BCUT2D eigenvalue weighted by molar-refractivity contribution is 0.0390. The Bertz CT molecular complexity index is 710. The summed E-state index contributed by atoms with van der Waals surface area (Å²) in [6.07, 6.45) is 1.05. The van der Waals surface area contributed by atoms with Crippen molar-refractivity contribution in [2.45, 2.75) is 9.79 Å². The molecule has 1 heterocycles. The minimum Gasteiger partial charge on any atom is -0.379 e. The lowest BCUT2D eigenvalue weighted by Gasteiger charge is -2.26. The highest BCUT2D eigenvalue weighted by Crippen LogP contribution is 2.15. The monoisotopic (exact) mass is 348 g/mol. The molecule has 0 saturated carbocycles. The Morgan fingerprint density at radius 3 is 2.41 bits per heavy atom. The summed E-state index contributed by atoms with van der Waals surface area (Å²) >= 11 is 0. The van der Waals surface area contributed by atoms with Gasteiger partial charge in [-0.2, -0.15) is 0 Å². The average molecular weight is 348 g/mol. The van der Waals surface area contributed by atoms with E-state index in [1.807, 2.05) is 0 Å². The molecule has 0 unspecified atom stereocenters. The van der Waals surface area contributed by atoms with Crippen LogP contribution in [0.3, 0.4) is 0 Å². The highest BCUT2D eigenvalue weighted by atomic mass is 32.2. The van der Waals surface area contributed by atoms with Gasteiger partial charge in [-0.1, -0.05) is 6.07 Å². The van der Waals surface area contributed by atoms with E-state index in [-0.39, 0.29) is 16.3 Å². The number of sulfone groups is 1. The average Bonchev–Trinajstić information content (AvgIpc) is 2.47. The first-order chi connectivity index (χ1) is 10.3. The number of benzene rings is 1. The molecule has 0 bridgehead atoms. The molecule has 1 aromatic rings. The molecule has 0 atom stereocenters. The van der Waals surface area contributed by atoms with Crippen LogP contribution in [-0.2, 0) is 24.6 Å². The van der Waals surface area contributed by atoms with E-state index in [0.717, 1.165) is 19.3 Å². The summed E-state index contributed by atoms with van der Waals surface area (Å²) < 4.78 is 55.1. The van der Waals surface area contributed by atoms with E-state index in [1.165, 1.54) is 24.3 Å². The number of rotatable bonds is 6. The van der Waals surface area contributed by atoms with Crippen LogP contribution in [0.5, 0.6) is 0 Å². The maximum atomic E-state index is 12.2. The van der Waals surface area contributed by atoms with Crippen molar-refractivity contribution >= 4 is 19.9 Å². The van der Waals surface area contributed by atoms with Crippen molar-refractivity contribution < 1.29 is 21.6 Å². The van der Waals surface area contributed by atoms with Crippen LogP contribution in [-0.4, -0.2) is 67.4 Å². The van der Waals surface area contributed by atoms with Gasteiger partial charge in [-0.25, -0.2) is 21.6 Å². The first-order valence-electron chi connectivity index (χ1n) is 6.89. The molecule has 1 aromatic carbocycles. The molecular formula is C13H20N2O5S2. The van der Waals surface area contributed by atoms with Gasteiger partial charge in [0, 0.05) is 32.4 Å². The van der Waals surface area contributed by atoms with E-state index in [9.17, 15) is 16.8 Å². The third-order valence-corrected chi connectivity index (χ3v) is 5.94. The van der Waals surface area contributed by atoms with Crippen molar-refractivity contribution in [2.24, 2.45) is 0 Å².